The molecule has 4 heteroatoms. The van der Waals surface area contributed by atoms with E-state index in [1.807, 2.05) is 0 Å². The molecule has 0 aromatic rings. The van der Waals surface area contributed by atoms with Gasteiger partial charge in [-0.1, -0.05) is 6.92 Å². The van der Waals surface area contributed by atoms with Crippen LogP contribution in [0.3, 0.4) is 0 Å². The maximum absolute atomic E-state index is 8.36. The van der Waals surface area contributed by atoms with Crippen molar-refractivity contribution in [2.45, 2.75) is 52.5 Å². The molecule has 1 N–H and O–H groups in total. The Morgan fingerprint density at radius 3 is 2.11 bits per heavy atom. The number of rotatable bonds is 3. The monoisotopic (exact) mass is 259 g/mol. The summed E-state index contributed by atoms with van der Waals surface area (Å²) in [5.41, 5.74) is 0.824. The summed E-state index contributed by atoms with van der Waals surface area (Å²) >= 11 is 0. The van der Waals surface area contributed by atoms with Crippen molar-refractivity contribution in [2.24, 2.45) is 5.41 Å². The summed E-state index contributed by atoms with van der Waals surface area (Å²) in [6.07, 6.45) is 5.62. The average molecular weight is 259 g/mol. The van der Waals surface area contributed by atoms with Gasteiger partial charge in [0.2, 0.25) is 0 Å². The van der Waals surface area contributed by atoms with E-state index in [1.165, 1.54) is 32.4 Å². The normalized spacial score (nSPS) is 19.8. The van der Waals surface area contributed by atoms with Crippen LogP contribution in [0.4, 0.5) is 0 Å². The molecule has 1 aliphatic heterocycles. The Labute approximate surface area is 111 Å². The summed E-state index contributed by atoms with van der Waals surface area (Å²) in [4.78, 5) is 11.0. The van der Waals surface area contributed by atoms with E-state index in [2.05, 4.69) is 25.7 Å². The maximum Gasteiger partial charge on any atom is 0.290 e. The van der Waals surface area contributed by atoms with Gasteiger partial charge in [-0.25, -0.2) is 0 Å². The molecule has 0 aromatic carbocycles. The number of ether oxygens (including phenoxy) is 1. The summed E-state index contributed by atoms with van der Waals surface area (Å²) in [5.74, 6) is 0. The Morgan fingerprint density at radius 2 is 1.94 bits per heavy atom. The minimum Gasteiger partial charge on any atom is -0.483 e. The molecule has 1 saturated heterocycles. The molecule has 2 rings (SSSR count). The predicted octanol–water partition coefficient (Wildman–Crippen LogP) is 2.62. The fraction of sp³-hybridized carbons (Fsp3) is 0.929. The van der Waals surface area contributed by atoms with E-state index < -0.39 is 0 Å². The Balaban J connectivity index is 0.000000309. The van der Waals surface area contributed by atoms with Gasteiger partial charge in [0, 0.05) is 26.3 Å². The Hall–Kier alpha value is -0.610. The van der Waals surface area contributed by atoms with Crippen LogP contribution in [0.2, 0.25) is 0 Å². The van der Waals surface area contributed by atoms with E-state index in [9.17, 15) is 0 Å². The number of nitrogens with zero attached hydrogens (tertiary/aromatic N) is 1. The molecule has 4 nitrogen and oxygen atoms in total. The van der Waals surface area contributed by atoms with E-state index in [1.54, 1.807) is 7.11 Å². The number of hydrogen-bond acceptors (Lipinski definition) is 3. The van der Waals surface area contributed by atoms with Gasteiger partial charge in [0.05, 0.1) is 0 Å². The first-order valence-electron chi connectivity index (χ1n) is 6.86. The summed E-state index contributed by atoms with van der Waals surface area (Å²) in [7, 11) is 1.71. The number of carboxylic acid groups (broad SMARTS) is 1. The minimum atomic E-state index is -0.250. The number of hydrogen-bond donors (Lipinski definition) is 1. The maximum atomic E-state index is 8.36. The van der Waals surface area contributed by atoms with Crippen molar-refractivity contribution < 1.29 is 14.6 Å². The third-order valence-corrected chi connectivity index (χ3v) is 3.56. The van der Waals surface area contributed by atoms with E-state index in [0.717, 1.165) is 24.5 Å². The number of methoxy groups -OCH3 is 1. The topological polar surface area (TPSA) is 49.8 Å². The van der Waals surface area contributed by atoms with Gasteiger partial charge < -0.3 is 14.7 Å². The molecule has 0 atom stereocenters. The zero-order valence-corrected chi connectivity index (χ0v) is 12.3. The lowest BCUT2D eigenvalue weighted by Crippen LogP contribution is -2.28. The number of likely N-dealkylation sites (tertiary alicyclic amines) is 1. The third kappa shape index (κ3) is 6.97. The number of carbonyl (C=O) groups is 1. The van der Waals surface area contributed by atoms with Crippen molar-refractivity contribution in [3.8, 4) is 0 Å². The van der Waals surface area contributed by atoms with Gasteiger partial charge in [-0.15, -0.1) is 0 Å². The van der Waals surface area contributed by atoms with Crippen molar-refractivity contribution in [2.75, 3.05) is 26.8 Å². The lowest BCUT2D eigenvalue weighted by atomic mass is 10.1. The lowest BCUT2D eigenvalue weighted by molar-refractivity contribution is -0.122. The second-order valence-electron chi connectivity index (χ2n) is 5.41. The fourth-order valence-electron chi connectivity index (χ4n) is 2.20. The summed E-state index contributed by atoms with van der Waals surface area (Å²) in [6, 6.07) is 0.778. The summed E-state index contributed by atoms with van der Waals surface area (Å²) in [6.45, 7) is 10.1. The fourth-order valence-corrected chi connectivity index (χ4v) is 2.20. The molecule has 18 heavy (non-hydrogen) atoms. The molecule has 2 aliphatic rings. The SMILES string of the molecule is CC(C)N1CCC2(CC2)C1.CCCOC.O=CO. The molecule has 1 heterocycles. The van der Waals surface area contributed by atoms with Crippen LogP contribution in [0.25, 0.3) is 0 Å². The van der Waals surface area contributed by atoms with Crippen LogP contribution in [-0.2, 0) is 9.53 Å². The highest BCUT2D eigenvalue weighted by Gasteiger charge is 2.47. The Morgan fingerprint density at radius 1 is 1.39 bits per heavy atom. The van der Waals surface area contributed by atoms with Gasteiger partial charge in [0.15, 0.2) is 0 Å². The van der Waals surface area contributed by atoms with Crippen molar-refractivity contribution in [3.63, 3.8) is 0 Å². The molecule has 1 aliphatic carbocycles. The standard InChI is InChI=1S/C9H17N.C4H10O.CH2O2/c1-8(2)10-6-5-9(7-10)3-4-9;1-3-4-5-2;2-1-3/h8H,3-7H2,1-2H3;3-4H2,1-2H3;1H,(H,2,3). The molecule has 1 saturated carbocycles. The molecular formula is C14H29NO3. The first-order valence-corrected chi connectivity index (χ1v) is 6.86. The van der Waals surface area contributed by atoms with Crippen LogP contribution in [-0.4, -0.2) is 49.3 Å². The van der Waals surface area contributed by atoms with E-state index in [4.69, 9.17) is 14.6 Å². The minimum absolute atomic E-state index is 0.250. The van der Waals surface area contributed by atoms with Crippen molar-refractivity contribution >= 4 is 6.47 Å². The average Bonchev–Trinajstić information content (AvgIpc) is 2.91. The highest BCUT2D eigenvalue weighted by Crippen LogP contribution is 2.52. The third-order valence-electron chi connectivity index (χ3n) is 3.56. The van der Waals surface area contributed by atoms with Crippen LogP contribution >= 0.6 is 0 Å². The van der Waals surface area contributed by atoms with Gasteiger partial charge in [0.25, 0.3) is 6.47 Å². The molecular weight excluding hydrogens is 230 g/mol. The molecule has 0 amide bonds. The zero-order valence-electron chi connectivity index (χ0n) is 12.3. The van der Waals surface area contributed by atoms with Crippen LogP contribution in [0.1, 0.15) is 46.5 Å². The molecule has 1 spiro atoms. The Kier molecular flexibility index (Phi) is 9.02. The Bertz CT molecular complexity index is 213. The lowest BCUT2D eigenvalue weighted by Gasteiger charge is -2.19. The molecule has 0 aromatic heterocycles. The van der Waals surface area contributed by atoms with E-state index in [0.29, 0.717) is 0 Å². The quantitative estimate of drug-likeness (QED) is 0.792. The van der Waals surface area contributed by atoms with Crippen LogP contribution in [0.15, 0.2) is 0 Å². The van der Waals surface area contributed by atoms with Gasteiger partial charge in [-0.2, -0.15) is 0 Å². The van der Waals surface area contributed by atoms with Crippen LogP contribution < -0.4 is 0 Å². The molecule has 0 radical (unpaired) electrons. The van der Waals surface area contributed by atoms with Crippen LogP contribution in [0, 0.1) is 5.41 Å². The largest absolute Gasteiger partial charge is 0.483 e. The first kappa shape index (κ1) is 17.4. The van der Waals surface area contributed by atoms with Gasteiger partial charge in [0.1, 0.15) is 0 Å². The highest BCUT2D eigenvalue weighted by atomic mass is 16.5. The van der Waals surface area contributed by atoms with Gasteiger partial charge in [-0.05, 0) is 51.5 Å². The second-order valence-corrected chi connectivity index (χ2v) is 5.41. The summed E-state index contributed by atoms with van der Waals surface area (Å²) in [5, 5.41) is 6.89. The zero-order chi connectivity index (χ0) is 14.0. The first-order chi connectivity index (χ1) is 8.55. The van der Waals surface area contributed by atoms with Crippen molar-refractivity contribution in [1.29, 1.82) is 0 Å². The smallest absolute Gasteiger partial charge is 0.290 e. The van der Waals surface area contributed by atoms with Crippen molar-refractivity contribution in [3.05, 3.63) is 0 Å². The second kappa shape index (κ2) is 9.34. The predicted molar refractivity (Wildman–Crippen MR) is 73.9 cm³/mol. The van der Waals surface area contributed by atoms with E-state index >= 15 is 0 Å². The highest BCUT2D eigenvalue weighted by molar-refractivity contribution is 5.32. The molecule has 108 valence electrons. The van der Waals surface area contributed by atoms with Gasteiger partial charge in [-0.3, -0.25) is 4.79 Å². The van der Waals surface area contributed by atoms with E-state index in [-0.39, 0.29) is 6.47 Å². The van der Waals surface area contributed by atoms with Crippen molar-refractivity contribution in [1.82, 2.24) is 4.90 Å². The molecule has 0 unspecified atom stereocenters. The van der Waals surface area contributed by atoms with Crippen LogP contribution in [0.5, 0.6) is 0 Å². The van der Waals surface area contributed by atoms with Gasteiger partial charge >= 0.3 is 0 Å². The molecule has 2 fully saturated rings. The molecule has 0 bridgehead atoms. The summed E-state index contributed by atoms with van der Waals surface area (Å²) < 4.78 is 4.69.